The average molecular weight is 291 g/mol. The minimum atomic E-state index is -0.404. The highest BCUT2D eigenvalue weighted by atomic mass is 19.1. The van der Waals surface area contributed by atoms with E-state index in [0.29, 0.717) is 30.0 Å². The lowest BCUT2D eigenvalue weighted by atomic mass is 9.77. The molecule has 0 amide bonds. The number of nitrogens with one attached hydrogen (secondary N) is 1. The Balaban J connectivity index is 1.78. The number of fused-ring (bicyclic) bond motifs is 2. The van der Waals surface area contributed by atoms with Gasteiger partial charge in [0, 0.05) is 29.6 Å². The van der Waals surface area contributed by atoms with Gasteiger partial charge >= 0.3 is 0 Å². The molecule has 21 heavy (non-hydrogen) atoms. The third-order valence-electron chi connectivity index (χ3n) is 4.55. The van der Waals surface area contributed by atoms with Crippen molar-refractivity contribution in [3.8, 4) is 5.75 Å². The third kappa shape index (κ3) is 3.26. The highest BCUT2D eigenvalue weighted by molar-refractivity contribution is 5.98. The number of hydrogen-bond donors (Lipinski definition) is 1. The summed E-state index contributed by atoms with van der Waals surface area (Å²) in [5.41, 5.74) is 0.448. The van der Waals surface area contributed by atoms with Crippen LogP contribution >= 0.6 is 0 Å². The molecule has 2 fully saturated rings. The zero-order valence-corrected chi connectivity index (χ0v) is 12.4. The first kappa shape index (κ1) is 14.5. The molecule has 1 aromatic rings. The summed E-state index contributed by atoms with van der Waals surface area (Å²) in [6.45, 7) is 2.31. The number of rotatable bonds is 4. The molecule has 0 spiro atoms. The molecule has 0 aliphatic carbocycles. The van der Waals surface area contributed by atoms with Crippen molar-refractivity contribution in [1.29, 1.82) is 0 Å². The fourth-order valence-electron chi connectivity index (χ4n) is 3.67. The second kappa shape index (κ2) is 6.14. The van der Waals surface area contributed by atoms with Gasteiger partial charge in [-0.3, -0.25) is 4.79 Å². The predicted octanol–water partition coefficient (Wildman–Crippen LogP) is 3.33. The number of halogens is 1. The normalized spacial score (nSPS) is 28.2. The summed E-state index contributed by atoms with van der Waals surface area (Å²) in [5, 5.41) is 3.58. The molecule has 2 aliphatic heterocycles. The minimum absolute atomic E-state index is 0.0119. The average Bonchev–Trinajstić information content (AvgIpc) is 2.45. The lowest BCUT2D eigenvalue weighted by Crippen LogP contribution is -2.50. The molecule has 0 radical (unpaired) electrons. The fourth-order valence-corrected chi connectivity index (χ4v) is 3.67. The maximum Gasteiger partial charge on any atom is 0.166 e. The van der Waals surface area contributed by atoms with Gasteiger partial charge in [-0.1, -0.05) is 6.42 Å². The Hall–Kier alpha value is -1.42. The van der Waals surface area contributed by atoms with Crippen LogP contribution in [0.1, 0.15) is 49.4 Å². The topological polar surface area (TPSA) is 38.3 Å². The smallest absolute Gasteiger partial charge is 0.166 e. The van der Waals surface area contributed by atoms with Gasteiger partial charge in [-0.25, -0.2) is 4.39 Å². The SMILES string of the molecule is CCOc1cc(F)cc(C(=O)C2CC3CCCC(C2)N3)c1. The van der Waals surface area contributed by atoms with E-state index in [4.69, 9.17) is 4.74 Å². The van der Waals surface area contributed by atoms with Crippen molar-refractivity contribution in [3.05, 3.63) is 29.6 Å². The number of piperidine rings is 2. The van der Waals surface area contributed by atoms with Crippen LogP contribution in [0.2, 0.25) is 0 Å². The van der Waals surface area contributed by atoms with Crippen LogP contribution < -0.4 is 10.1 Å². The Kier molecular flexibility index (Phi) is 4.24. The van der Waals surface area contributed by atoms with E-state index in [-0.39, 0.29) is 11.7 Å². The largest absolute Gasteiger partial charge is 0.494 e. The highest BCUT2D eigenvalue weighted by Gasteiger charge is 2.35. The lowest BCUT2D eigenvalue weighted by molar-refractivity contribution is 0.0824. The number of carbonyl (C=O) groups is 1. The molecule has 2 heterocycles. The Bertz CT molecular complexity index is 520. The molecule has 114 valence electrons. The molecule has 0 saturated carbocycles. The van der Waals surface area contributed by atoms with Gasteiger partial charge < -0.3 is 10.1 Å². The Labute approximate surface area is 124 Å². The van der Waals surface area contributed by atoms with E-state index in [0.717, 1.165) is 25.7 Å². The number of carbonyl (C=O) groups excluding carboxylic acids is 1. The van der Waals surface area contributed by atoms with E-state index in [1.54, 1.807) is 6.07 Å². The van der Waals surface area contributed by atoms with Gasteiger partial charge in [0.2, 0.25) is 0 Å². The molecule has 2 saturated heterocycles. The number of hydrogen-bond acceptors (Lipinski definition) is 3. The van der Waals surface area contributed by atoms with E-state index < -0.39 is 5.82 Å². The Morgan fingerprint density at radius 2 is 2.00 bits per heavy atom. The second-order valence-corrected chi connectivity index (χ2v) is 6.13. The molecule has 2 unspecified atom stereocenters. The maximum absolute atomic E-state index is 13.7. The number of benzene rings is 1. The number of ether oxygens (including phenoxy) is 1. The van der Waals surface area contributed by atoms with Crippen molar-refractivity contribution < 1.29 is 13.9 Å². The van der Waals surface area contributed by atoms with Gasteiger partial charge in [-0.15, -0.1) is 0 Å². The van der Waals surface area contributed by atoms with Crippen LogP contribution in [0.3, 0.4) is 0 Å². The first-order valence-corrected chi connectivity index (χ1v) is 7.89. The maximum atomic E-state index is 13.7. The van der Waals surface area contributed by atoms with Crippen LogP contribution in [0.5, 0.6) is 5.75 Å². The van der Waals surface area contributed by atoms with Crippen LogP contribution in [-0.2, 0) is 0 Å². The first-order valence-electron chi connectivity index (χ1n) is 7.89. The van der Waals surface area contributed by atoms with Crippen molar-refractivity contribution in [1.82, 2.24) is 5.32 Å². The van der Waals surface area contributed by atoms with Crippen molar-refractivity contribution in [2.24, 2.45) is 5.92 Å². The quantitative estimate of drug-likeness (QED) is 0.865. The minimum Gasteiger partial charge on any atom is -0.494 e. The summed E-state index contributed by atoms with van der Waals surface area (Å²) in [6, 6.07) is 5.24. The van der Waals surface area contributed by atoms with E-state index in [9.17, 15) is 9.18 Å². The van der Waals surface area contributed by atoms with E-state index >= 15 is 0 Å². The standard InChI is InChI=1S/C17H22FNO2/c1-2-21-16-9-11(6-13(18)10-16)17(20)12-7-14-4-3-5-15(8-12)19-14/h6,9-10,12,14-15,19H,2-5,7-8H2,1H3. The summed E-state index contributed by atoms with van der Waals surface area (Å²) >= 11 is 0. The molecule has 3 rings (SSSR count). The van der Waals surface area contributed by atoms with Crippen LogP contribution in [-0.4, -0.2) is 24.5 Å². The van der Waals surface area contributed by atoms with E-state index in [1.807, 2.05) is 6.92 Å². The van der Waals surface area contributed by atoms with Gasteiger partial charge in [0.1, 0.15) is 11.6 Å². The van der Waals surface area contributed by atoms with Crippen molar-refractivity contribution in [3.63, 3.8) is 0 Å². The lowest BCUT2D eigenvalue weighted by Gasteiger charge is -2.39. The van der Waals surface area contributed by atoms with Crippen molar-refractivity contribution in [2.75, 3.05) is 6.61 Å². The van der Waals surface area contributed by atoms with E-state index in [2.05, 4.69) is 5.32 Å². The molecule has 3 nitrogen and oxygen atoms in total. The summed E-state index contributed by atoms with van der Waals surface area (Å²) in [4.78, 5) is 12.7. The van der Waals surface area contributed by atoms with Gasteiger partial charge in [-0.2, -0.15) is 0 Å². The molecule has 1 aromatic carbocycles. The van der Waals surface area contributed by atoms with Gasteiger partial charge in [0.25, 0.3) is 0 Å². The molecule has 2 bridgehead atoms. The zero-order chi connectivity index (χ0) is 14.8. The zero-order valence-electron chi connectivity index (χ0n) is 12.4. The Morgan fingerprint density at radius 1 is 1.29 bits per heavy atom. The van der Waals surface area contributed by atoms with Crippen LogP contribution in [0, 0.1) is 11.7 Å². The van der Waals surface area contributed by atoms with Crippen LogP contribution in [0.15, 0.2) is 18.2 Å². The van der Waals surface area contributed by atoms with Crippen LogP contribution in [0.25, 0.3) is 0 Å². The summed E-state index contributed by atoms with van der Waals surface area (Å²) < 4.78 is 19.0. The van der Waals surface area contributed by atoms with Gasteiger partial charge in [-0.05, 0) is 44.7 Å². The molecule has 4 heteroatoms. The highest BCUT2D eigenvalue weighted by Crippen LogP contribution is 2.32. The number of Topliss-reactive ketones (excluding diaryl/α,β-unsaturated/α-hetero) is 1. The predicted molar refractivity (Wildman–Crippen MR) is 79.2 cm³/mol. The summed E-state index contributed by atoms with van der Waals surface area (Å²) in [6.07, 6.45) is 5.28. The summed E-state index contributed by atoms with van der Waals surface area (Å²) in [7, 11) is 0. The molecular weight excluding hydrogens is 269 g/mol. The van der Waals surface area contributed by atoms with Crippen molar-refractivity contribution >= 4 is 5.78 Å². The third-order valence-corrected chi connectivity index (χ3v) is 4.55. The van der Waals surface area contributed by atoms with Gasteiger partial charge in [0.15, 0.2) is 5.78 Å². The van der Waals surface area contributed by atoms with Gasteiger partial charge in [0.05, 0.1) is 6.61 Å². The molecular formula is C17H22FNO2. The second-order valence-electron chi connectivity index (χ2n) is 6.13. The monoisotopic (exact) mass is 291 g/mol. The number of ketones is 1. The summed E-state index contributed by atoms with van der Waals surface area (Å²) in [5.74, 6) is 0.111. The van der Waals surface area contributed by atoms with E-state index in [1.165, 1.54) is 18.6 Å². The van der Waals surface area contributed by atoms with Crippen molar-refractivity contribution in [2.45, 2.75) is 51.1 Å². The molecule has 0 aromatic heterocycles. The van der Waals surface area contributed by atoms with Crippen LogP contribution in [0.4, 0.5) is 4.39 Å². The molecule has 1 N–H and O–H groups in total. The fraction of sp³-hybridized carbons (Fsp3) is 0.588. The Morgan fingerprint density at radius 3 is 2.67 bits per heavy atom. The molecule has 2 atom stereocenters. The first-order chi connectivity index (χ1) is 10.2. The molecule has 2 aliphatic rings.